The highest BCUT2D eigenvalue weighted by Crippen LogP contribution is 2.24. The molecule has 2 unspecified atom stereocenters. The highest BCUT2D eigenvalue weighted by atomic mass is 35.5. The van der Waals surface area contributed by atoms with Crippen LogP contribution >= 0.6 is 11.6 Å². The lowest BCUT2D eigenvalue weighted by Crippen LogP contribution is -2.55. The molecule has 4 heteroatoms. The molecule has 0 amide bonds. The van der Waals surface area contributed by atoms with E-state index in [1.54, 1.807) is 12.1 Å². The number of fused-ring (bicyclic) bond motifs is 1. The molecule has 2 aliphatic rings. The molecule has 0 aliphatic carbocycles. The molecular formula is C17H23ClN2O. The first kappa shape index (κ1) is 15.0. The van der Waals surface area contributed by atoms with Crippen LogP contribution in [-0.2, 0) is 0 Å². The van der Waals surface area contributed by atoms with Gasteiger partial charge in [0.25, 0.3) is 0 Å². The molecule has 1 aromatic rings. The van der Waals surface area contributed by atoms with Gasteiger partial charge in [0.05, 0.1) is 0 Å². The smallest absolute Gasteiger partial charge is 0.164 e. The Kier molecular flexibility index (Phi) is 4.63. The van der Waals surface area contributed by atoms with Crippen LogP contribution in [0.15, 0.2) is 24.3 Å². The number of carbonyl (C=O) groups excluding carboxylic acids is 1. The maximum atomic E-state index is 12.3. The molecule has 0 saturated carbocycles. The summed E-state index contributed by atoms with van der Waals surface area (Å²) in [5.41, 5.74) is 0.770. The van der Waals surface area contributed by atoms with Crippen molar-refractivity contribution in [1.29, 1.82) is 0 Å². The zero-order chi connectivity index (χ0) is 14.8. The number of benzene rings is 1. The second-order valence-corrected chi connectivity index (χ2v) is 6.75. The molecule has 2 aliphatic heterocycles. The molecular weight excluding hydrogens is 284 g/mol. The quantitative estimate of drug-likeness (QED) is 0.799. The van der Waals surface area contributed by atoms with Crippen LogP contribution in [0.5, 0.6) is 0 Å². The fourth-order valence-corrected chi connectivity index (χ4v) is 3.71. The van der Waals surface area contributed by atoms with Gasteiger partial charge in [-0.25, -0.2) is 0 Å². The minimum Gasteiger partial charge on any atom is -0.298 e. The van der Waals surface area contributed by atoms with Crippen molar-refractivity contribution in [3.8, 4) is 0 Å². The second-order valence-electron chi connectivity index (χ2n) is 6.32. The van der Waals surface area contributed by atoms with Crippen molar-refractivity contribution >= 4 is 17.4 Å². The predicted octanol–water partition coefficient (Wildman–Crippen LogP) is 3.08. The summed E-state index contributed by atoms with van der Waals surface area (Å²) in [4.78, 5) is 17.4. The molecule has 3 nitrogen and oxygen atoms in total. The Hall–Kier alpha value is -0.900. The fraction of sp³-hybridized carbons (Fsp3) is 0.588. The Balaban J connectivity index is 1.54. The van der Waals surface area contributed by atoms with E-state index in [9.17, 15) is 4.79 Å². The molecule has 3 rings (SSSR count). The van der Waals surface area contributed by atoms with Gasteiger partial charge in [0.1, 0.15) is 0 Å². The van der Waals surface area contributed by atoms with E-state index in [1.165, 1.54) is 19.4 Å². The lowest BCUT2D eigenvalue weighted by atomic mass is 10.1. The highest BCUT2D eigenvalue weighted by molar-refractivity contribution is 6.30. The Morgan fingerprint density at radius 2 is 2.05 bits per heavy atom. The van der Waals surface area contributed by atoms with E-state index in [0.29, 0.717) is 23.5 Å². The first-order valence-electron chi connectivity index (χ1n) is 7.90. The summed E-state index contributed by atoms with van der Waals surface area (Å²) < 4.78 is 0. The van der Waals surface area contributed by atoms with Crippen molar-refractivity contribution in [3.05, 3.63) is 34.9 Å². The zero-order valence-corrected chi connectivity index (χ0v) is 13.4. The van der Waals surface area contributed by atoms with Gasteiger partial charge in [-0.15, -0.1) is 0 Å². The van der Waals surface area contributed by atoms with Crippen LogP contribution in [0.25, 0.3) is 0 Å². The standard InChI is InChI=1S/C17H23ClN2O/c1-13-11-20-9-2-3-16(20)12-19(13)10-8-17(21)14-4-6-15(18)7-5-14/h4-7,13,16H,2-3,8-12H2,1H3. The number of ketones is 1. The first-order valence-corrected chi connectivity index (χ1v) is 8.28. The van der Waals surface area contributed by atoms with Crippen LogP contribution in [0.1, 0.15) is 36.5 Å². The second kappa shape index (κ2) is 6.47. The van der Waals surface area contributed by atoms with Crippen molar-refractivity contribution in [3.63, 3.8) is 0 Å². The topological polar surface area (TPSA) is 23.6 Å². The Labute approximate surface area is 131 Å². The van der Waals surface area contributed by atoms with Gasteiger partial charge in [-0.05, 0) is 50.6 Å². The van der Waals surface area contributed by atoms with Crippen LogP contribution in [0.3, 0.4) is 0 Å². The summed E-state index contributed by atoms with van der Waals surface area (Å²) >= 11 is 5.86. The third-order valence-corrected chi connectivity index (χ3v) is 5.11. The van der Waals surface area contributed by atoms with Crippen LogP contribution in [0, 0.1) is 0 Å². The van der Waals surface area contributed by atoms with Crippen molar-refractivity contribution in [2.75, 3.05) is 26.2 Å². The number of halogens is 1. The lowest BCUT2D eigenvalue weighted by Gasteiger charge is -2.42. The molecule has 0 bridgehead atoms. The third-order valence-electron chi connectivity index (χ3n) is 4.86. The van der Waals surface area contributed by atoms with Crippen molar-refractivity contribution in [2.24, 2.45) is 0 Å². The van der Waals surface area contributed by atoms with Gasteiger partial charge in [0.15, 0.2) is 5.78 Å². The number of carbonyl (C=O) groups is 1. The number of rotatable bonds is 4. The van der Waals surface area contributed by atoms with Crippen LogP contribution in [0.2, 0.25) is 5.02 Å². The number of Topliss-reactive ketones (excluding diaryl/α,β-unsaturated/α-hetero) is 1. The zero-order valence-electron chi connectivity index (χ0n) is 12.6. The number of piperazine rings is 1. The van der Waals surface area contributed by atoms with Gasteiger partial charge in [0, 0.05) is 48.7 Å². The molecule has 0 spiro atoms. The SMILES string of the molecule is CC1CN2CCCC2CN1CCC(=O)c1ccc(Cl)cc1. The number of hydrogen-bond donors (Lipinski definition) is 0. The molecule has 114 valence electrons. The molecule has 0 N–H and O–H groups in total. The molecule has 2 atom stereocenters. The van der Waals surface area contributed by atoms with E-state index in [0.717, 1.165) is 25.2 Å². The minimum absolute atomic E-state index is 0.215. The molecule has 2 saturated heterocycles. The number of nitrogens with zero attached hydrogens (tertiary/aromatic N) is 2. The van der Waals surface area contributed by atoms with Gasteiger partial charge >= 0.3 is 0 Å². The third kappa shape index (κ3) is 3.47. The Morgan fingerprint density at radius 3 is 2.81 bits per heavy atom. The molecule has 1 aromatic carbocycles. The van der Waals surface area contributed by atoms with E-state index in [4.69, 9.17) is 11.6 Å². The van der Waals surface area contributed by atoms with E-state index in [2.05, 4.69) is 16.7 Å². The Bertz CT molecular complexity index is 502. The highest BCUT2D eigenvalue weighted by Gasteiger charge is 2.34. The largest absolute Gasteiger partial charge is 0.298 e. The monoisotopic (exact) mass is 306 g/mol. The van der Waals surface area contributed by atoms with E-state index < -0.39 is 0 Å². The molecule has 0 aromatic heterocycles. The average molecular weight is 307 g/mol. The van der Waals surface area contributed by atoms with E-state index in [1.807, 2.05) is 12.1 Å². The van der Waals surface area contributed by atoms with Crippen molar-refractivity contribution in [2.45, 2.75) is 38.3 Å². The van der Waals surface area contributed by atoms with Crippen LogP contribution in [0.4, 0.5) is 0 Å². The summed E-state index contributed by atoms with van der Waals surface area (Å²) in [5.74, 6) is 0.215. The number of hydrogen-bond acceptors (Lipinski definition) is 3. The maximum Gasteiger partial charge on any atom is 0.164 e. The van der Waals surface area contributed by atoms with Gasteiger partial charge in [0.2, 0.25) is 0 Å². The van der Waals surface area contributed by atoms with Gasteiger partial charge in [-0.2, -0.15) is 0 Å². The molecule has 21 heavy (non-hydrogen) atoms. The fourth-order valence-electron chi connectivity index (χ4n) is 3.58. The summed E-state index contributed by atoms with van der Waals surface area (Å²) in [7, 11) is 0. The summed E-state index contributed by atoms with van der Waals surface area (Å²) in [6, 6.07) is 8.49. The maximum absolute atomic E-state index is 12.3. The normalized spacial score (nSPS) is 26.8. The summed E-state index contributed by atoms with van der Waals surface area (Å²) in [6.07, 6.45) is 3.24. The molecule has 2 heterocycles. The van der Waals surface area contributed by atoms with Gasteiger partial charge in [-0.3, -0.25) is 14.6 Å². The summed E-state index contributed by atoms with van der Waals surface area (Å²) in [6.45, 7) is 6.68. The first-order chi connectivity index (χ1) is 10.1. The minimum atomic E-state index is 0.215. The van der Waals surface area contributed by atoms with Crippen LogP contribution < -0.4 is 0 Å². The van der Waals surface area contributed by atoms with Gasteiger partial charge < -0.3 is 0 Å². The summed E-state index contributed by atoms with van der Waals surface area (Å²) in [5, 5.41) is 0.678. The van der Waals surface area contributed by atoms with Crippen molar-refractivity contribution < 1.29 is 4.79 Å². The Morgan fingerprint density at radius 1 is 1.29 bits per heavy atom. The predicted molar refractivity (Wildman–Crippen MR) is 86.0 cm³/mol. The molecule has 0 radical (unpaired) electrons. The van der Waals surface area contributed by atoms with Crippen LogP contribution in [-0.4, -0.2) is 53.8 Å². The van der Waals surface area contributed by atoms with E-state index >= 15 is 0 Å². The van der Waals surface area contributed by atoms with Gasteiger partial charge in [-0.1, -0.05) is 11.6 Å². The lowest BCUT2D eigenvalue weighted by molar-refractivity contribution is 0.0567. The van der Waals surface area contributed by atoms with Crippen molar-refractivity contribution in [1.82, 2.24) is 9.80 Å². The molecule has 2 fully saturated rings. The van der Waals surface area contributed by atoms with E-state index in [-0.39, 0.29) is 5.78 Å². The average Bonchev–Trinajstić information content (AvgIpc) is 2.92.